The van der Waals surface area contributed by atoms with Gasteiger partial charge in [-0.2, -0.15) is 5.10 Å². The van der Waals surface area contributed by atoms with Gasteiger partial charge in [-0.15, -0.1) is 0 Å². The second kappa shape index (κ2) is 5.62. The third kappa shape index (κ3) is 2.37. The molecule has 3 N–H and O–H groups in total. The number of carbonyl (C=O) groups is 2. The summed E-state index contributed by atoms with van der Waals surface area (Å²) < 4.78 is 2.28. The topological polar surface area (TPSA) is 155 Å². The van der Waals surface area contributed by atoms with Crippen molar-refractivity contribution in [2.24, 2.45) is 0 Å². The highest BCUT2D eigenvalue weighted by Gasteiger charge is 2.32. The molecule has 0 unspecified atom stereocenters. The average molecular weight is 366 g/mol. The maximum absolute atomic E-state index is 12.6. The lowest BCUT2D eigenvalue weighted by Crippen LogP contribution is -2.25. The molecule has 0 bridgehead atoms. The molecule has 0 aliphatic carbocycles. The van der Waals surface area contributed by atoms with Gasteiger partial charge in [0.1, 0.15) is 18.2 Å². The zero-order valence-corrected chi connectivity index (χ0v) is 13.4. The van der Waals surface area contributed by atoms with Crippen molar-refractivity contribution in [2.75, 3.05) is 5.73 Å². The van der Waals surface area contributed by atoms with Gasteiger partial charge in [0.25, 0.3) is 17.4 Å². The lowest BCUT2D eigenvalue weighted by atomic mass is 10.1. The van der Waals surface area contributed by atoms with Crippen LogP contribution in [-0.4, -0.2) is 31.1 Å². The fourth-order valence-electron chi connectivity index (χ4n) is 2.91. The van der Waals surface area contributed by atoms with Crippen molar-refractivity contribution >= 4 is 23.3 Å². The minimum Gasteiger partial charge on any atom is -0.384 e. The molecule has 0 radical (unpaired) electrons. The molecule has 0 spiro atoms. The summed E-state index contributed by atoms with van der Waals surface area (Å²) in [5.74, 6) is -1.61. The van der Waals surface area contributed by atoms with Crippen LogP contribution in [-0.2, 0) is 0 Å². The summed E-state index contributed by atoms with van der Waals surface area (Å²) in [5, 5.41) is 16.9. The third-order valence-corrected chi connectivity index (χ3v) is 4.10. The Bertz CT molecular complexity index is 1210. The summed E-state index contributed by atoms with van der Waals surface area (Å²) in [6.07, 6.45) is 2.25. The van der Waals surface area contributed by atoms with E-state index in [1.165, 1.54) is 10.9 Å². The minimum atomic E-state index is -0.701. The highest BCUT2D eigenvalue weighted by atomic mass is 16.6. The normalized spacial score (nSPS) is 12.7. The SMILES string of the molecule is Nc1c2c(cc(=O)n1-c1ccccc1-n1cc([N+](=O)[O-])cn1)C(=O)NC2=O. The van der Waals surface area contributed by atoms with E-state index in [0.717, 1.165) is 16.8 Å². The number of rotatable bonds is 3. The number of nitrogens with zero attached hydrogens (tertiary/aromatic N) is 4. The van der Waals surface area contributed by atoms with Crippen LogP contribution in [0.4, 0.5) is 11.5 Å². The Hall–Kier alpha value is -4.28. The molecule has 2 aromatic heterocycles. The molecule has 0 saturated carbocycles. The Labute approximate surface area is 149 Å². The molecule has 1 aromatic carbocycles. The molecule has 0 atom stereocenters. The summed E-state index contributed by atoms with van der Waals surface area (Å²) in [6, 6.07) is 7.42. The molecule has 3 heterocycles. The number of nitrogens with two attached hydrogens (primary N) is 1. The minimum absolute atomic E-state index is 0.0917. The second-order valence-corrected chi connectivity index (χ2v) is 5.66. The highest BCUT2D eigenvalue weighted by Crippen LogP contribution is 2.26. The smallest absolute Gasteiger partial charge is 0.307 e. The van der Waals surface area contributed by atoms with E-state index in [-0.39, 0.29) is 28.3 Å². The van der Waals surface area contributed by atoms with Crippen LogP contribution in [0.2, 0.25) is 0 Å². The van der Waals surface area contributed by atoms with Crippen LogP contribution in [0.5, 0.6) is 0 Å². The monoisotopic (exact) mass is 366 g/mol. The molecule has 134 valence electrons. The number of nitrogens with one attached hydrogen (secondary N) is 1. The van der Waals surface area contributed by atoms with Gasteiger partial charge in [-0.1, -0.05) is 12.1 Å². The standard InChI is InChI=1S/C16H10N6O5/c17-14-13-9(15(24)19-16(13)25)5-12(23)21(14)11-4-2-1-3-10(11)20-7-8(6-18-20)22(26)27/h1-7H,17H2,(H,19,24,25). The number of pyridine rings is 1. The van der Waals surface area contributed by atoms with Crippen LogP contribution in [0.15, 0.2) is 47.5 Å². The number of benzene rings is 1. The number of hydrogen-bond acceptors (Lipinski definition) is 7. The summed E-state index contributed by atoms with van der Waals surface area (Å²) in [6.45, 7) is 0. The Morgan fingerprint density at radius 3 is 2.48 bits per heavy atom. The van der Waals surface area contributed by atoms with E-state index in [1.54, 1.807) is 24.3 Å². The fourth-order valence-corrected chi connectivity index (χ4v) is 2.91. The van der Waals surface area contributed by atoms with E-state index >= 15 is 0 Å². The van der Waals surface area contributed by atoms with Crippen LogP contribution < -0.4 is 16.6 Å². The molecule has 1 aliphatic heterocycles. The molecule has 0 saturated heterocycles. The van der Waals surface area contributed by atoms with Crippen LogP contribution in [0.3, 0.4) is 0 Å². The zero-order chi connectivity index (χ0) is 19.3. The van der Waals surface area contributed by atoms with Gasteiger partial charge in [0, 0.05) is 6.07 Å². The Morgan fingerprint density at radius 1 is 1.11 bits per heavy atom. The number of aromatic nitrogens is 3. The quantitative estimate of drug-likeness (QED) is 0.386. The van der Waals surface area contributed by atoms with Crippen LogP contribution in [0, 0.1) is 10.1 Å². The van der Waals surface area contributed by atoms with E-state index in [2.05, 4.69) is 10.4 Å². The molecule has 0 fully saturated rings. The van der Waals surface area contributed by atoms with Crippen molar-refractivity contribution in [1.29, 1.82) is 0 Å². The molecule has 3 aromatic rings. The highest BCUT2D eigenvalue weighted by molar-refractivity contribution is 6.23. The van der Waals surface area contributed by atoms with Gasteiger partial charge in [-0.05, 0) is 12.1 Å². The number of amides is 2. The Kier molecular flexibility index (Phi) is 3.37. The predicted octanol–water partition coefficient (Wildman–Crippen LogP) is 0.397. The second-order valence-electron chi connectivity index (χ2n) is 5.66. The molecule has 4 rings (SSSR count). The number of hydrogen-bond donors (Lipinski definition) is 2. The first-order valence-electron chi connectivity index (χ1n) is 7.58. The maximum Gasteiger partial charge on any atom is 0.307 e. The van der Waals surface area contributed by atoms with Crippen LogP contribution in [0.25, 0.3) is 11.4 Å². The number of nitro groups is 1. The predicted molar refractivity (Wildman–Crippen MR) is 92.0 cm³/mol. The van der Waals surface area contributed by atoms with E-state index in [9.17, 15) is 24.5 Å². The molecular formula is C16H10N6O5. The lowest BCUT2D eigenvalue weighted by Gasteiger charge is -2.15. The van der Waals surface area contributed by atoms with Gasteiger partial charge in [0.05, 0.1) is 27.4 Å². The summed E-state index contributed by atoms with van der Waals surface area (Å²) in [5.41, 5.74) is 5.54. The van der Waals surface area contributed by atoms with E-state index < -0.39 is 22.3 Å². The Morgan fingerprint density at radius 2 is 1.81 bits per heavy atom. The molecule has 2 amide bonds. The van der Waals surface area contributed by atoms with Crippen molar-refractivity contribution < 1.29 is 14.5 Å². The first-order valence-corrected chi connectivity index (χ1v) is 7.58. The van der Waals surface area contributed by atoms with Gasteiger partial charge in [-0.3, -0.25) is 34.4 Å². The molecular weight excluding hydrogens is 356 g/mol. The number of fused-ring (bicyclic) bond motifs is 1. The van der Waals surface area contributed by atoms with Gasteiger partial charge in [0.15, 0.2) is 0 Å². The van der Waals surface area contributed by atoms with Gasteiger partial charge < -0.3 is 5.73 Å². The van der Waals surface area contributed by atoms with Gasteiger partial charge in [0.2, 0.25) is 0 Å². The maximum atomic E-state index is 12.6. The molecule has 27 heavy (non-hydrogen) atoms. The van der Waals surface area contributed by atoms with Crippen LogP contribution >= 0.6 is 0 Å². The number of para-hydroxylation sites is 2. The third-order valence-electron chi connectivity index (χ3n) is 4.10. The van der Waals surface area contributed by atoms with Crippen molar-refractivity contribution in [3.8, 4) is 11.4 Å². The molecule has 1 aliphatic rings. The van der Waals surface area contributed by atoms with E-state index in [0.29, 0.717) is 5.69 Å². The number of imide groups is 1. The van der Waals surface area contributed by atoms with Crippen LogP contribution in [0.1, 0.15) is 20.7 Å². The number of anilines is 1. The lowest BCUT2D eigenvalue weighted by molar-refractivity contribution is -0.384. The van der Waals surface area contributed by atoms with E-state index in [1.807, 2.05) is 0 Å². The van der Waals surface area contributed by atoms with Crippen molar-refractivity contribution in [3.05, 3.63) is 74.3 Å². The zero-order valence-electron chi connectivity index (χ0n) is 13.4. The van der Waals surface area contributed by atoms with Crippen molar-refractivity contribution in [2.45, 2.75) is 0 Å². The average Bonchev–Trinajstić information content (AvgIpc) is 3.21. The van der Waals surface area contributed by atoms with Crippen molar-refractivity contribution in [3.63, 3.8) is 0 Å². The first-order chi connectivity index (χ1) is 12.9. The van der Waals surface area contributed by atoms with E-state index in [4.69, 9.17) is 5.73 Å². The van der Waals surface area contributed by atoms with Crippen molar-refractivity contribution in [1.82, 2.24) is 19.7 Å². The first kappa shape index (κ1) is 16.2. The summed E-state index contributed by atoms with van der Waals surface area (Å²) >= 11 is 0. The fraction of sp³-hybridized carbons (Fsp3) is 0. The van der Waals surface area contributed by atoms with Gasteiger partial charge in [-0.25, -0.2) is 4.68 Å². The summed E-state index contributed by atoms with van der Waals surface area (Å²) in [7, 11) is 0. The molecule has 11 nitrogen and oxygen atoms in total. The Balaban J connectivity index is 1.98. The van der Waals surface area contributed by atoms with Gasteiger partial charge >= 0.3 is 5.69 Å². The largest absolute Gasteiger partial charge is 0.384 e. The number of carbonyl (C=O) groups excluding carboxylic acids is 2. The molecule has 11 heteroatoms. The number of nitrogen functional groups attached to an aromatic ring is 1. The summed E-state index contributed by atoms with van der Waals surface area (Å²) in [4.78, 5) is 46.7.